The number of aryl methyl sites for hydroxylation is 1. The molecule has 3 heterocycles. The highest BCUT2D eigenvalue weighted by Crippen LogP contribution is 2.31. The minimum absolute atomic E-state index is 0.108. The smallest absolute Gasteiger partial charge is 0.293 e. The lowest BCUT2D eigenvalue weighted by Crippen LogP contribution is -2.37. The summed E-state index contributed by atoms with van der Waals surface area (Å²) in [6.07, 6.45) is 4.87. The predicted octanol–water partition coefficient (Wildman–Crippen LogP) is 0.550. The maximum absolute atomic E-state index is 12.4. The van der Waals surface area contributed by atoms with Gasteiger partial charge in [0.2, 0.25) is 11.1 Å². The van der Waals surface area contributed by atoms with E-state index in [0.29, 0.717) is 10.1 Å². The van der Waals surface area contributed by atoms with Gasteiger partial charge in [0.25, 0.3) is 11.1 Å². The Balaban J connectivity index is 1.47. The maximum Gasteiger partial charge on any atom is 0.293 e. The average molecular weight is 405 g/mol. The summed E-state index contributed by atoms with van der Waals surface area (Å²) in [5.74, 6) is -0.472. The second kappa shape index (κ2) is 8.77. The van der Waals surface area contributed by atoms with Gasteiger partial charge in [-0.2, -0.15) is 0 Å². The molecule has 1 fully saturated rings. The van der Waals surface area contributed by atoms with E-state index in [-0.39, 0.29) is 35.9 Å². The molecular weight excluding hydrogens is 390 g/mol. The zero-order valence-electron chi connectivity index (χ0n) is 14.2. The minimum atomic E-state index is -0.373. The van der Waals surface area contributed by atoms with Gasteiger partial charge in [-0.05, 0) is 39.9 Å². The Morgan fingerprint density at radius 1 is 1.41 bits per heavy atom. The molecule has 3 rings (SSSR count). The van der Waals surface area contributed by atoms with Crippen LogP contribution in [0.2, 0.25) is 0 Å². The topological polar surface area (TPSA) is 123 Å². The number of thioether (sulfide) groups is 2. The van der Waals surface area contributed by atoms with Crippen molar-refractivity contribution in [3.63, 3.8) is 0 Å². The number of hydrogen-bond donors (Lipinski definition) is 1. The summed E-state index contributed by atoms with van der Waals surface area (Å²) in [5.41, 5.74) is 0.742. The third-order valence-corrected chi connectivity index (χ3v) is 5.34. The van der Waals surface area contributed by atoms with Gasteiger partial charge in [0.05, 0.1) is 10.7 Å². The van der Waals surface area contributed by atoms with Crippen LogP contribution in [0.25, 0.3) is 6.08 Å². The van der Waals surface area contributed by atoms with Crippen LogP contribution in [0, 0.1) is 0 Å². The lowest BCUT2D eigenvalue weighted by Gasteiger charge is -2.12. The molecule has 0 saturated carbocycles. The van der Waals surface area contributed by atoms with Crippen molar-refractivity contribution in [3.05, 3.63) is 35.0 Å². The van der Waals surface area contributed by atoms with Gasteiger partial charge in [0.1, 0.15) is 0 Å². The second-order valence-electron chi connectivity index (χ2n) is 5.34. The molecule has 2 aromatic heterocycles. The van der Waals surface area contributed by atoms with E-state index in [1.54, 1.807) is 37.7 Å². The Hall–Kier alpha value is -2.73. The van der Waals surface area contributed by atoms with Crippen LogP contribution in [-0.4, -0.2) is 66.0 Å². The van der Waals surface area contributed by atoms with Gasteiger partial charge in [-0.15, -0.1) is 5.10 Å². The van der Waals surface area contributed by atoms with Crippen molar-refractivity contribution in [2.75, 3.05) is 18.8 Å². The summed E-state index contributed by atoms with van der Waals surface area (Å²) >= 11 is 2.07. The Morgan fingerprint density at radius 3 is 2.96 bits per heavy atom. The molecule has 0 atom stereocenters. The fourth-order valence-corrected chi connectivity index (χ4v) is 3.68. The van der Waals surface area contributed by atoms with Crippen LogP contribution >= 0.6 is 23.5 Å². The summed E-state index contributed by atoms with van der Waals surface area (Å²) in [6.45, 7) is 0.283. The zero-order chi connectivity index (χ0) is 19.2. The fourth-order valence-electron chi connectivity index (χ4n) is 2.14. The highest BCUT2D eigenvalue weighted by Gasteiger charge is 2.34. The summed E-state index contributed by atoms with van der Waals surface area (Å²) in [7, 11) is 1.68. The van der Waals surface area contributed by atoms with Gasteiger partial charge >= 0.3 is 0 Å². The van der Waals surface area contributed by atoms with Crippen molar-refractivity contribution in [2.45, 2.75) is 5.16 Å². The van der Waals surface area contributed by atoms with Crippen LogP contribution in [-0.2, 0) is 16.6 Å². The number of tetrazole rings is 1. The number of rotatable bonds is 7. The molecule has 1 saturated heterocycles. The summed E-state index contributed by atoms with van der Waals surface area (Å²) < 4.78 is 1.47. The van der Waals surface area contributed by atoms with Crippen molar-refractivity contribution >= 4 is 46.7 Å². The van der Waals surface area contributed by atoms with Crippen molar-refractivity contribution in [3.8, 4) is 0 Å². The summed E-state index contributed by atoms with van der Waals surface area (Å²) in [4.78, 5) is 41.7. The SMILES string of the molecule is Cn1nnnc1SCC(=O)NCCN1C(=O)SC(=Cc2cccnc2)C1=O. The van der Waals surface area contributed by atoms with Gasteiger partial charge in [0, 0.05) is 32.5 Å². The second-order valence-corrected chi connectivity index (χ2v) is 7.28. The first kappa shape index (κ1) is 19.0. The molecule has 1 N–H and O–H groups in total. The van der Waals surface area contributed by atoms with Crippen LogP contribution in [0.3, 0.4) is 0 Å². The normalized spacial score (nSPS) is 15.6. The number of imide groups is 1. The Kier molecular flexibility index (Phi) is 6.19. The van der Waals surface area contributed by atoms with Crippen LogP contribution < -0.4 is 5.32 Å². The molecule has 12 heteroatoms. The highest BCUT2D eigenvalue weighted by atomic mass is 32.2. The molecule has 1 aliphatic rings. The van der Waals surface area contributed by atoms with Crippen molar-refractivity contribution in [2.24, 2.45) is 7.05 Å². The van der Waals surface area contributed by atoms with Crippen molar-refractivity contribution in [1.82, 2.24) is 35.4 Å². The number of nitrogens with one attached hydrogen (secondary N) is 1. The number of carbonyl (C=O) groups is 3. The quantitative estimate of drug-likeness (QED) is 0.519. The molecule has 0 bridgehead atoms. The van der Waals surface area contributed by atoms with Crippen LogP contribution in [0.4, 0.5) is 4.79 Å². The van der Waals surface area contributed by atoms with E-state index < -0.39 is 0 Å². The first-order valence-corrected chi connectivity index (χ1v) is 9.62. The van der Waals surface area contributed by atoms with Gasteiger partial charge in [-0.3, -0.25) is 24.3 Å². The number of aromatic nitrogens is 5. The third-order valence-electron chi connectivity index (χ3n) is 3.43. The molecule has 0 aliphatic carbocycles. The average Bonchev–Trinajstić information content (AvgIpc) is 3.18. The predicted molar refractivity (Wildman–Crippen MR) is 99.4 cm³/mol. The molecule has 27 heavy (non-hydrogen) atoms. The van der Waals surface area contributed by atoms with Gasteiger partial charge in [-0.1, -0.05) is 17.8 Å². The van der Waals surface area contributed by atoms with Crippen LogP contribution in [0.1, 0.15) is 5.56 Å². The largest absolute Gasteiger partial charge is 0.354 e. The Morgan fingerprint density at radius 2 is 2.26 bits per heavy atom. The van der Waals surface area contributed by atoms with E-state index in [1.807, 2.05) is 0 Å². The minimum Gasteiger partial charge on any atom is -0.354 e. The van der Waals surface area contributed by atoms with E-state index in [2.05, 4.69) is 25.8 Å². The van der Waals surface area contributed by atoms with E-state index in [4.69, 9.17) is 0 Å². The summed E-state index contributed by atoms with van der Waals surface area (Å²) in [5, 5.41) is 13.8. The molecule has 1 aliphatic heterocycles. The number of amides is 3. The van der Waals surface area contributed by atoms with E-state index >= 15 is 0 Å². The van der Waals surface area contributed by atoms with Crippen LogP contribution in [0.5, 0.6) is 0 Å². The van der Waals surface area contributed by atoms with Gasteiger partial charge < -0.3 is 5.32 Å². The molecule has 2 aromatic rings. The van der Waals surface area contributed by atoms with Crippen molar-refractivity contribution < 1.29 is 14.4 Å². The number of nitrogens with zero attached hydrogens (tertiary/aromatic N) is 6. The van der Waals surface area contributed by atoms with Crippen molar-refractivity contribution in [1.29, 1.82) is 0 Å². The molecule has 0 unspecified atom stereocenters. The van der Waals surface area contributed by atoms with Crippen LogP contribution in [0.15, 0.2) is 34.6 Å². The fraction of sp³-hybridized carbons (Fsp3) is 0.267. The maximum atomic E-state index is 12.4. The molecular formula is C15H15N7O3S2. The number of hydrogen-bond acceptors (Lipinski definition) is 9. The van der Waals surface area contributed by atoms with Gasteiger partial charge in [-0.25, -0.2) is 4.68 Å². The Labute approximate surface area is 162 Å². The van der Waals surface area contributed by atoms with E-state index in [1.165, 1.54) is 16.4 Å². The first-order chi connectivity index (χ1) is 13.0. The molecule has 0 aromatic carbocycles. The van der Waals surface area contributed by atoms with E-state index in [0.717, 1.165) is 22.2 Å². The molecule has 0 radical (unpaired) electrons. The standard InChI is InChI=1S/C15H15N7O3S2/c1-21-14(18-19-20-21)26-9-12(23)17-5-6-22-13(24)11(27-15(22)25)7-10-3-2-4-16-8-10/h2-4,7-8H,5-6,9H2,1H3,(H,17,23). The zero-order valence-corrected chi connectivity index (χ0v) is 15.9. The molecule has 140 valence electrons. The molecule has 0 spiro atoms. The molecule has 3 amide bonds. The van der Waals surface area contributed by atoms with E-state index in [9.17, 15) is 14.4 Å². The third kappa shape index (κ3) is 4.92. The number of pyridine rings is 1. The lowest BCUT2D eigenvalue weighted by atomic mass is 10.2. The summed E-state index contributed by atoms with van der Waals surface area (Å²) in [6, 6.07) is 3.55. The highest BCUT2D eigenvalue weighted by molar-refractivity contribution is 8.18. The molecule has 10 nitrogen and oxygen atoms in total. The number of carbonyl (C=O) groups excluding carboxylic acids is 3. The monoisotopic (exact) mass is 405 g/mol. The van der Waals surface area contributed by atoms with Gasteiger partial charge in [0.15, 0.2) is 0 Å². The first-order valence-electron chi connectivity index (χ1n) is 7.82. The Bertz CT molecular complexity index is 885. The lowest BCUT2D eigenvalue weighted by molar-refractivity contribution is -0.123.